The van der Waals surface area contributed by atoms with Crippen LogP contribution in [0.3, 0.4) is 0 Å². The van der Waals surface area contributed by atoms with Crippen LogP contribution >= 0.6 is 24.0 Å². The minimum absolute atomic E-state index is 0. The molecular weight excluding hydrogens is 525 g/mol. The molecule has 0 amide bonds. The first kappa shape index (κ1) is 28.3. The fourth-order valence-electron chi connectivity index (χ4n) is 5.16. The molecule has 2 aliphatic rings. The third kappa shape index (κ3) is 9.34. The van der Waals surface area contributed by atoms with Gasteiger partial charge >= 0.3 is 0 Å². The van der Waals surface area contributed by atoms with E-state index < -0.39 is 0 Å². The summed E-state index contributed by atoms with van der Waals surface area (Å²) in [4.78, 5) is 7.65. The molecule has 1 aromatic rings. The summed E-state index contributed by atoms with van der Waals surface area (Å²) in [5.74, 6) is 0.978. The van der Waals surface area contributed by atoms with Crippen molar-refractivity contribution in [3.63, 3.8) is 0 Å². The molecule has 3 N–H and O–H groups in total. The van der Waals surface area contributed by atoms with Crippen molar-refractivity contribution >= 4 is 29.9 Å². The molecule has 6 nitrogen and oxygen atoms in total. The van der Waals surface area contributed by atoms with Gasteiger partial charge in [-0.15, -0.1) is 24.0 Å². The number of piperidine rings is 1. The number of benzene rings is 1. The van der Waals surface area contributed by atoms with Gasteiger partial charge in [0, 0.05) is 57.5 Å². The van der Waals surface area contributed by atoms with E-state index in [9.17, 15) is 0 Å². The first-order valence-corrected chi connectivity index (χ1v) is 12.7. The van der Waals surface area contributed by atoms with Crippen LogP contribution < -0.4 is 16.0 Å². The van der Waals surface area contributed by atoms with Crippen LogP contribution in [0.2, 0.25) is 0 Å². The molecule has 1 unspecified atom stereocenters. The highest BCUT2D eigenvalue weighted by molar-refractivity contribution is 14.0. The molecule has 1 aliphatic carbocycles. The Hall–Kier alpha value is -0.900. The van der Waals surface area contributed by atoms with E-state index in [2.05, 4.69) is 65.0 Å². The van der Waals surface area contributed by atoms with E-state index in [1.807, 2.05) is 0 Å². The molecule has 33 heavy (non-hydrogen) atoms. The molecule has 2 fully saturated rings. The van der Waals surface area contributed by atoms with Crippen LogP contribution in [-0.2, 0) is 4.74 Å². The van der Waals surface area contributed by atoms with E-state index in [1.54, 1.807) is 7.11 Å². The van der Waals surface area contributed by atoms with E-state index in [0.717, 1.165) is 51.7 Å². The Morgan fingerprint density at radius 1 is 1.18 bits per heavy atom. The number of hydrogen-bond donors (Lipinski definition) is 3. The predicted molar refractivity (Wildman–Crippen MR) is 150 cm³/mol. The Labute approximate surface area is 218 Å². The van der Waals surface area contributed by atoms with Crippen LogP contribution in [0.5, 0.6) is 0 Å². The van der Waals surface area contributed by atoms with Gasteiger partial charge in [-0.2, -0.15) is 0 Å². The molecule has 1 saturated heterocycles. The third-order valence-corrected chi connectivity index (χ3v) is 7.02. The summed E-state index contributed by atoms with van der Waals surface area (Å²) in [6.07, 6.45) is 8.44. The zero-order valence-electron chi connectivity index (χ0n) is 20.9. The Balaban J connectivity index is 0.00000385. The summed E-state index contributed by atoms with van der Waals surface area (Å²) < 4.78 is 5.19. The van der Waals surface area contributed by atoms with E-state index in [4.69, 9.17) is 9.73 Å². The maximum Gasteiger partial charge on any atom is 0.191 e. The number of nitrogens with zero attached hydrogens (tertiary/aromatic N) is 2. The number of halogens is 1. The number of hydrogen-bond acceptors (Lipinski definition) is 4. The minimum Gasteiger partial charge on any atom is -0.385 e. The van der Waals surface area contributed by atoms with Crippen LogP contribution in [0.25, 0.3) is 0 Å². The van der Waals surface area contributed by atoms with E-state index in [-0.39, 0.29) is 29.5 Å². The van der Waals surface area contributed by atoms with Crippen LogP contribution in [-0.4, -0.2) is 68.9 Å². The highest BCUT2D eigenvalue weighted by atomic mass is 127. The number of rotatable bonds is 11. The Bertz CT molecular complexity index is 673. The molecule has 0 radical (unpaired) electrons. The highest BCUT2D eigenvalue weighted by Crippen LogP contribution is 2.32. The van der Waals surface area contributed by atoms with Crippen molar-refractivity contribution in [2.75, 3.05) is 46.4 Å². The van der Waals surface area contributed by atoms with Gasteiger partial charge in [-0.05, 0) is 51.5 Å². The Morgan fingerprint density at radius 3 is 2.52 bits per heavy atom. The molecular formula is C26H46IN5O. The lowest BCUT2D eigenvalue weighted by Crippen LogP contribution is -2.51. The lowest BCUT2D eigenvalue weighted by atomic mass is 9.95. The number of likely N-dealkylation sites (tertiary alicyclic amines) is 1. The van der Waals surface area contributed by atoms with E-state index in [1.165, 1.54) is 44.1 Å². The van der Waals surface area contributed by atoms with Crippen molar-refractivity contribution in [1.82, 2.24) is 20.9 Å². The maximum atomic E-state index is 5.19. The molecule has 1 heterocycles. The molecule has 0 spiro atoms. The summed E-state index contributed by atoms with van der Waals surface area (Å²) in [5.41, 5.74) is 1.45. The van der Waals surface area contributed by atoms with Gasteiger partial charge in [-0.25, -0.2) is 0 Å². The number of methoxy groups -OCH3 is 1. The van der Waals surface area contributed by atoms with Gasteiger partial charge in [0.2, 0.25) is 0 Å². The second-order valence-corrected chi connectivity index (χ2v) is 9.57. The smallest absolute Gasteiger partial charge is 0.191 e. The van der Waals surface area contributed by atoms with Crippen LogP contribution in [0.4, 0.5) is 0 Å². The molecule has 1 atom stereocenters. The fourth-order valence-corrected chi connectivity index (χ4v) is 5.16. The van der Waals surface area contributed by atoms with Crippen LogP contribution in [0.1, 0.15) is 70.4 Å². The Morgan fingerprint density at radius 2 is 1.88 bits per heavy atom. The first-order valence-electron chi connectivity index (χ1n) is 12.7. The molecule has 0 aromatic heterocycles. The quantitative estimate of drug-likeness (QED) is 0.160. The zero-order chi connectivity index (χ0) is 22.7. The molecule has 7 heteroatoms. The van der Waals surface area contributed by atoms with Crippen molar-refractivity contribution in [3.05, 3.63) is 35.9 Å². The van der Waals surface area contributed by atoms with Crippen molar-refractivity contribution in [2.24, 2.45) is 4.99 Å². The number of nitrogens with one attached hydrogen (secondary N) is 3. The van der Waals surface area contributed by atoms with Crippen molar-refractivity contribution in [1.29, 1.82) is 0 Å². The molecule has 1 aliphatic heterocycles. The monoisotopic (exact) mass is 571 g/mol. The zero-order valence-corrected chi connectivity index (χ0v) is 23.3. The van der Waals surface area contributed by atoms with Crippen LogP contribution in [0, 0.1) is 0 Å². The molecule has 188 valence electrons. The van der Waals surface area contributed by atoms with Gasteiger partial charge in [0.25, 0.3) is 0 Å². The highest BCUT2D eigenvalue weighted by Gasteiger charge is 2.35. The maximum absolute atomic E-state index is 5.19. The van der Waals surface area contributed by atoms with E-state index in [0.29, 0.717) is 12.1 Å². The van der Waals surface area contributed by atoms with Gasteiger partial charge in [0.1, 0.15) is 0 Å². The van der Waals surface area contributed by atoms with Crippen molar-refractivity contribution in [3.8, 4) is 0 Å². The lowest BCUT2D eigenvalue weighted by molar-refractivity contribution is 0.155. The van der Waals surface area contributed by atoms with Crippen molar-refractivity contribution < 1.29 is 4.74 Å². The molecule has 3 rings (SSSR count). The number of aliphatic imine (C=N–C) groups is 1. The first-order chi connectivity index (χ1) is 15.6. The SMILES string of the molecule is CCNC(=NCC1(NC(C)c2ccccc2)CCCC1)NC1CCN(CCCOC)CC1.I. The normalized spacial score (nSPS) is 20.3. The standard InChI is InChI=1S/C26H45N5O.HI/c1-4-27-25(29-24-13-18-31(19-14-24)17-10-20-32-3)28-21-26(15-8-9-16-26)30-22(2)23-11-6-5-7-12-23;/h5-7,11-12,22,24,30H,4,8-10,13-21H2,1-3H3,(H2,27,28,29);1H. The third-order valence-electron chi connectivity index (χ3n) is 7.02. The largest absolute Gasteiger partial charge is 0.385 e. The van der Waals surface area contributed by atoms with Crippen molar-refractivity contribution in [2.45, 2.75) is 76.4 Å². The summed E-state index contributed by atoms with van der Waals surface area (Å²) in [5, 5.41) is 11.2. The second-order valence-electron chi connectivity index (χ2n) is 9.57. The summed E-state index contributed by atoms with van der Waals surface area (Å²) in [6.45, 7) is 10.5. The van der Waals surface area contributed by atoms with Gasteiger partial charge in [0.15, 0.2) is 5.96 Å². The predicted octanol–water partition coefficient (Wildman–Crippen LogP) is 4.32. The summed E-state index contributed by atoms with van der Waals surface area (Å²) in [7, 11) is 1.78. The van der Waals surface area contributed by atoms with Gasteiger partial charge < -0.3 is 25.6 Å². The summed E-state index contributed by atoms with van der Waals surface area (Å²) in [6, 6.07) is 11.6. The molecule has 1 aromatic carbocycles. The lowest BCUT2D eigenvalue weighted by Gasteiger charge is -2.34. The number of ether oxygens (including phenoxy) is 1. The van der Waals surface area contributed by atoms with Gasteiger partial charge in [0.05, 0.1) is 6.54 Å². The van der Waals surface area contributed by atoms with Gasteiger partial charge in [-0.3, -0.25) is 4.99 Å². The summed E-state index contributed by atoms with van der Waals surface area (Å²) >= 11 is 0. The average Bonchev–Trinajstić information content (AvgIpc) is 3.28. The van der Waals surface area contributed by atoms with E-state index >= 15 is 0 Å². The molecule has 1 saturated carbocycles. The topological polar surface area (TPSA) is 60.9 Å². The average molecular weight is 572 g/mol. The second kappa shape index (κ2) is 15.2. The van der Waals surface area contributed by atoms with Crippen LogP contribution in [0.15, 0.2) is 35.3 Å². The number of guanidine groups is 1. The fraction of sp³-hybridized carbons (Fsp3) is 0.731. The molecule has 0 bridgehead atoms. The Kier molecular flexibility index (Phi) is 13.0. The van der Waals surface area contributed by atoms with Gasteiger partial charge in [-0.1, -0.05) is 43.2 Å². The minimum atomic E-state index is 0.